The maximum Gasteiger partial charge on any atom is 0.263 e. The number of hydrogen-bond acceptors (Lipinski definition) is 3. The molecule has 7 heteroatoms. The first-order chi connectivity index (χ1) is 9.85. The van der Waals surface area contributed by atoms with E-state index >= 15 is 0 Å². The fourth-order valence-electron chi connectivity index (χ4n) is 1.70. The number of anilines is 1. The Morgan fingerprint density at radius 3 is 2.48 bits per heavy atom. The number of nitriles is 1. The van der Waals surface area contributed by atoms with Crippen molar-refractivity contribution in [2.75, 3.05) is 4.72 Å². The van der Waals surface area contributed by atoms with Crippen LogP contribution < -0.4 is 4.72 Å². The third kappa shape index (κ3) is 3.01. The van der Waals surface area contributed by atoms with Crippen LogP contribution in [0.1, 0.15) is 11.1 Å². The number of sulfonamides is 1. The smallest absolute Gasteiger partial charge is 0.263 e. The molecule has 0 amide bonds. The number of hydrogen-bond donors (Lipinski definition) is 1. The zero-order valence-electron chi connectivity index (χ0n) is 10.9. The van der Waals surface area contributed by atoms with Crippen LogP contribution in [-0.4, -0.2) is 8.42 Å². The lowest BCUT2D eigenvalue weighted by molar-refractivity contribution is 0.593. The molecule has 0 spiro atoms. The number of nitrogens with one attached hydrogen (secondary N) is 1. The minimum atomic E-state index is -4.19. The third-order valence-corrected chi connectivity index (χ3v) is 4.22. The average molecular weight is 308 g/mol. The van der Waals surface area contributed by atoms with Crippen molar-refractivity contribution in [1.82, 2.24) is 0 Å². The second kappa shape index (κ2) is 5.50. The van der Waals surface area contributed by atoms with Gasteiger partial charge in [0.25, 0.3) is 10.0 Å². The normalized spacial score (nSPS) is 11.0. The van der Waals surface area contributed by atoms with Crippen molar-refractivity contribution in [3.63, 3.8) is 0 Å². The average Bonchev–Trinajstić information content (AvgIpc) is 2.42. The minimum absolute atomic E-state index is 0.00810. The van der Waals surface area contributed by atoms with Gasteiger partial charge in [-0.3, -0.25) is 4.72 Å². The van der Waals surface area contributed by atoms with Gasteiger partial charge in [0.1, 0.15) is 28.2 Å². The van der Waals surface area contributed by atoms with E-state index in [0.29, 0.717) is 5.56 Å². The maximum atomic E-state index is 13.5. The van der Waals surface area contributed by atoms with Crippen LogP contribution in [0.3, 0.4) is 0 Å². The second-order valence-corrected chi connectivity index (χ2v) is 5.95. The van der Waals surface area contributed by atoms with Crippen LogP contribution in [0.4, 0.5) is 14.5 Å². The van der Waals surface area contributed by atoms with E-state index < -0.39 is 32.1 Å². The summed E-state index contributed by atoms with van der Waals surface area (Å²) in [5.41, 5.74) is -0.231. The van der Waals surface area contributed by atoms with Crippen LogP contribution in [0, 0.1) is 29.9 Å². The van der Waals surface area contributed by atoms with E-state index in [1.807, 2.05) is 0 Å². The van der Waals surface area contributed by atoms with Crippen molar-refractivity contribution < 1.29 is 17.2 Å². The second-order valence-electron chi connectivity index (χ2n) is 4.29. The topological polar surface area (TPSA) is 70.0 Å². The molecular weight excluding hydrogens is 298 g/mol. The van der Waals surface area contributed by atoms with E-state index in [1.165, 1.54) is 31.2 Å². The predicted octanol–water partition coefficient (Wildman–Crippen LogP) is 2.95. The number of rotatable bonds is 3. The van der Waals surface area contributed by atoms with Crippen molar-refractivity contribution in [1.29, 1.82) is 5.26 Å². The lowest BCUT2D eigenvalue weighted by atomic mass is 10.2. The lowest BCUT2D eigenvalue weighted by Gasteiger charge is -2.10. The fraction of sp³-hybridized carbons (Fsp3) is 0.0714. The van der Waals surface area contributed by atoms with Gasteiger partial charge in [-0.15, -0.1) is 0 Å². The number of aryl methyl sites for hydroxylation is 1. The Labute approximate surface area is 120 Å². The van der Waals surface area contributed by atoms with E-state index in [2.05, 4.69) is 4.72 Å². The molecule has 2 rings (SSSR count). The first-order valence-corrected chi connectivity index (χ1v) is 7.31. The molecule has 0 saturated carbocycles. The molecule has 0 unspecified atom stereocenters. The first-order valence-electron chi connectivity index (χ1n) is 5.83. The van der Waals surface area contributed by atoms with Crippen molar-refractivity contribution in [2.45, 2.75) is 11.8 Å². The van der Waals surface area contributed by atoms with Crippen LogP contribution in [0.2, 0.25) is 0 Å². The summed E-state index contributed by atoms with van der Waals surface area (Å²) in [5.74, 6) is -1.51. The Kier molecular flexibility index (Phi) is 3.91. The summed E-state index contributed by atoms with van der Waals surface area (Å²) in [6.07, 6.45) is 0. The highest BCUT2D eigenvalue weighted by molar-refractivity contribution is 7.92. The molecule has 1 N–H and O–H groups in total. The van der Waals surface area contributed by atoms with Crippen molar-refractivity contribution in [3.8, 4) is 6.07 Å². The highest BCUT2D eigenvalue weighted by Crippen LogP contribution is 2.22. The molecule has 0 fully saturated rings. The van der Waals surface area contributed by atoms with Gasteiger partial charge in [0.15, 0.2) is 0 Å². The summed E-state index contributed by atoms with van der Waals surface area (Å²) in [6.45, 7) is 1.54. The van der Waals surface area contributed by atoms with Crippen LogP contribution in [-0.2, 0) is 10.0 Å². The van der Waals surface area contributed by atoms with E-state index in [-0.39, 0.29) is 5.69 Å². The van der Waals surface area contributed by atoms with Gasteiger partial charge in [0, 0.05) is 0 Å². The zero-order valence-corrected chi connectivity index (χ0v) is 11.7. The van der Waals surface area contributed by atoms with Gasteiger partial charge >= 0.3 is 0 Å². The van der Waals surface area contributed by atoms with E-state index in [9.17, 15) is 17.2 Å². The van der Waals surface area contributed by atoms with E-state index in [4.69, 9.17) is 5.26 Å². The van der Waals surface area contributed by atoms with Gasteiger partial charge in [0.2, 0.25) is 0 Å². The summed E-state index contributed by atoms with van der Waals surface area (Å²) in [7, 11) is -4.19. The Morgan fingerprint density at radius 1 is 1.14 bits per heavy atom. The van der Waals surface area contributed by atoms with Gasteiger partial charge < -0.3 is 0 Å². The summed E-state index contributed by atoms with van der Waals surface area (Å²) in [5, 5.41) is 8.87. The summed E-state index contributed by atoms with van der Waals surface area (Å²) in [6, 6.07) is 8.58. The molecule has 0 aliphatic carbocycles. The van der Waals surface area contributed by atoms with Crippen molar-refractivity contribution in [2.24, 2.45) is 0 Å². The molecule has 21 heavy (non-hydrogen) atoms. The number of halogens is 2. The largest absolute Gasteiger partial charge is 0.279 e. The monoisotopic (exact) mass is 308 g/mol. The van der Waals surface area contributed by atoms with Crippen molar-refractivity contribution >= 4 is 15.7 Å². The molecule has 0 bridgehead atoms. The Bertz CT molecular complexity index is 843. The fourth-order valence-corrected chi connectivity index (χ4v) is 2.92. The molecule has 0 aliphatic rings. The summed E-state index contributed by atoms with van der Waals surface area (Å²) in [4.78, 5) is -0.494. The Morgan fingerprint density at radius 2 is 1.86 bits per heavy atom. The molecule has 0 aromatic heterocycles. The molecule has 4 nitrogen and oxygen atoms in total. The zero-order chi connectivity index (χ0) is 15.6. The molecule has 2 aromatic rings. The Hall–Kier alpha value is -2.46. The molecule has 0 radical (unpaired) electrons. The summed E-state index contributed by atoms with van der Waals surface area (Å²) >= 11 is 0. The van der Waals surface area contributed by atoms with Crippen LogP contribution >= 0.6 is 0 Å². The van der Waals surface area contributed by atoms with Crippen molar-refractivity contribution in [3.05, 3.63) is 59.2 Å². The number of nitrogens with zero attached hydrogens (tertiary/aromatic N) is 1. The van der Waals surface area contributed by atoms with E-state index in [0.717, 1.165) is 18.2 Å². The van der Waals surface area contributed by atoms with Crippen LogP contribution in [0.5, 0.6) is 0 Å². The van der Waals surface area contributed by atoms with Gasteiger partial charge in [-0.25, -0.2) is 17.2 Å². The highest BCUT2D eigenvalue weighted by Gasteiger charge is 2.21. The molecule has 108 valence electrons. The quantitative estimate of drug-likeness (QED) is 0.947. The molecule has 0 atom stereocenters. The molecule has 0 saturated heterocycles. The van der Waals surface area contributed by atoms with Crippen LogP contribution in [0.15, 0.2) is 41.3 Å². The lowest BCUT2D eigenvalue weighted by Crippen LogP contribution is -2.15. The van der Waals surface area contributed by atoms with Gasteiger partial charge in [-0.1, -0.05) is 12.1 Å². The van der Waals surface area contributed by atoms with Gasteiger partial charge in [-0.05, 0) is 36.8 Å². The molecule has 2 aromatic carbocycles. The Balaban J connectivity index is 2.46. The maximum absolute atomic E-state index is 13.5. The third-order valence-electron chi connectivity index (χ3n) is 2.80. The number of benzene rings is 2. The molecule has 0 aliphatic heterocycles. The highest BCUT2D eigenvalue weighted by atomic mass is 32.2. The minimum Gasteiger partial charge on any atom is -0.279 e. The molecule has 0 heterocycles. The van der Waals surface area contributed by atoms with Gasteiger partial charge in [-0.2, -0.15) is 5.26 Å². The summed E-state index contributed by atoms with van der Waals surface area (Å²) < 4.78 is 53.4. The van der Waals surface area contributed by atoms with Crippen LogP contribution in [0.25, 0.3) is 0 Å². The predicted molar refractivity (Wildman–Crippen MR) is 73.1 cm³/mol. The molecular formula is C14H10F2N2O2S. The SMILES string of the molecule is Cc1ccc(NS(=O)(=O)c2cccc(F)c2C#N)cc1F. The first kappa shape index (κ1) is 14.9. The standard InChI is InChI=1S/C14H10F2N2O2S/c1-9-5-6-10(7-13(9)16)18-21(19,20)14-4-2-3-12(15)11(14)8-17/h2-7,18H,1H3. The van der Waals surface area contributed by atoms with E-state index in [1.54, 1.807) is 0 Å². The van der Waals surface area contributed by atoms with Gasteiger partial charge in [0.05, 0.1) is 5.69 Å².